The van der Waals surface area contributed by atoms with Gasteiger partial charge in [-0.3, -0.25) is 0 Å². The van der Waals surface area contributed by atoms with E-state index in [0.29, 0.717) is 0 Å². The van der Waals surface area contributed by atoms with Gasteiger partial charge in [0.05, 0.1) is 0 Å². The number of hydrogen-bond donors (Lipinski definition) is 2. The van der Waals surface area contributed by atoms with Crippen molar-refractivity contribution in [3.8, 4) is 0 Å². The van der Waals surface area contributed by atoms with E-state index in [-0.39, 0.29) is 6.03 Å². The molecule has 2 N–H and O–H groups in total. The third-order valence-corrected chi connectivity index (χ3v) is 5.46. The fourth-order valence-electron chi connectivity index (χ4n) is 3.11. The van der Waals surface area contributed by atoms with Crippen molar-refractivity contribution in [3.05, 3.63) is 58.2 Å². The molecule has 0 atom stereocenters. The average Bonchev–Trinajstić information content (AvgIpc) is 2.92. The molecule has 0 saturated heterocycles. The predicted molar refractivity (Wildman–Crippen MR) is 117 cm³/mol. The van der Waals surface area contributed by atoms with Gasteiger partial charge in [-0.2, -0.15) is 0 Å². The average molecular weight is 429 g/mol. The summed E-state index contributed by atoms with van der Waals surface area (Å²) in [5.41, 5.74) is 5.07. The molecule has 0 bridgehead atoms. The maximum Gasteiger partial charge on any atom is 0.323 e. The molecule has 27 heavy (non-hydrogen) atoms. The van der Waals surface area contributed by atoms with E-state index in [1.54, 1.807) is 0 Å². The van der Waals surface area contributed by atoms with Crippen LogP contribution in [0.25, 0.3) is 10.9 Å². The smallest absolute Gasteiger partial charge is 0.323 e. The van der Waals surface area contributed by atoms with E-state index >= 15 is 0 Å². The monoisotopic (exact) mass is 428 g/mol. The van der Waals surface area contributed by atoms with Crippen molar-refractivity contribution in [2.75, 3.05) is 31.3 Å². The third kappa shape index (κ3) is 4.70. The van der Waals surface area contributed by atoms with Crippen molar-refractivity contribution < 1.29 is 4.79 Å². The standard InChI is InChI=1S/C21H25BrN4O/c1-14-11-16(5-7-19(14)22)23-21(27)24-17-6-8-20-18(12-17)15(13-26(20)4)9-10-25(2)3/h5-8,11-13H,9-10H2,1-4H3,(H2,23,24,27). The molecule has 3 aromatic rings. The van der Waals surface area contributed by atoms with Gasteiger partial charge in [-0.15, -0.1) is 0 Å². The zero-order valence-corrected chi connectivity index (χ0v) is 17.7. The second-order valence-corrected chi connectivity index (χ2v) is 7.95. The number of carbonyl (C=O) groups excluding carboxylic acids is 1. The fourth-order valence-corrected chi connectivity index (χ4v) is 3.36. The summed E-state index contributed by atoms with van der Waals surface area (Å²) < 4.78 is 3.16. The first-order valence-corrected chi connectivity index (χ1v) is 9.69. The number of benzene rings is 2. The first kappa shape index (κ1) is 19.5. The Morgan fingerprint density at radius 2 is 1.78 bits per heavy atom. The molecule has 2 amide bonds. The maximum absolute atomic E-state index is 12.4. The topological polar surface area (TPSA) is 49.3 Å². The van der Waals surface area contributed by atoms with Gasteiger partial charge in [0.1, 0.15) is 0 Å². The highest BCUT2D eigenvalue weighted by atomic mass is 79.9. The number of aryl methyl sites for hydroxylation is 2. The van der Waals surface area contributed by atoms with Crippen LogP contribution in [0.5, 0.6) is 0 Å². The van der Waals surface area contributed by atoms with Crippen LogP contribution in [0.2, 0.25) is 0 Å². The lowest BCUT2D eigenvalue weighted by molar-refractivity contribution is 0.262. The van der Waals surface area contributed by atoms with Gasteiger partial charge in [0.2, 0.25) is 0 Å². The molecule has 0 spiro atoms. The molecule has 0 aliphatic heterocycles. The molecule has 2 aromatic carbocycles. The number of carbonyl (C=O) groups is 1. The molecule has 142 valence electrons. The number of urea groups is 1. The van der Waals surface area contributed by atoms with Crippen molar-refractivity contribution in [2.24, 2.45) is 7.05 Å². The van der Waals surface area contributed by atoms with Gasteiger partial charge < -0.3 is 20.1 Å². The second kappa shape index (κ2) is 8.15. The summed E-state index contributed by atoms with van der Waals surface area (Å²) in [6.07, 6.45) is 3.14. The normalized spacial score (nSPS) is 11.2. The van der Waals surface area contributed by atoms with E-state index in [1.165, 1.54) is 16.5 Å². The van der Waals surface area contributed by atoms with Gasteiger partial charge in [0, 0.05) is 46.5 Å². The number of rotatable bonds is 5. The largest absolute Gasteiger partial charge is 0.350 e. The van der Waals surface area contributed by atoms with Crippen molar-refractivity contribution in [1.29, 1.82) is 0 Å². The predicted octanol–water partition coefficient (Wildman–Crippen LogP) is 5.00. The Balaban J connectivity index is 1.76. The summed E-state index contributed by atoms with van der Waals surface area (Å²) in [4.78, 5) is 14.5. The van der Waals surface area contributed by atoms with Gasteiger partial charge in [-0.1, -0.05) is 15.9 Å². The number of hydrogen-bond acceptors (Lipinski definition) is 2. The van der Waals surface area contributed by atoms with Crippen LogP contribution in [0.4, 0.5) is 16.2 Å². The van der Waals surface area contributed by atoms with Gasteiger partial charge in [0.25, 0.3) is 0 Å². The van der Waals surface area contributed by atoms with Crippen molar-refractivity contribution in [1.82, 2.24) is 9.47 Å². The highest BCUT2D eigenvalue weighted by Crippen LogP contribution is 2.25. The zero-order valence-electron chi connectivity index (χ0n) is 16.1. The van der Waals surface area contributed by atoms with Crippen LogP contribution in [0.15, 0.2) is 47.1 Å². The highest BCUT2D eigenvalue weighted by molar-refractivity contribution is 9.10. The van der Waals surface area contributed by atoms with Crippen LogP contribution in [0.1, 0.15) is 11.1 Å². The molecule has 5 nitrogen and oxygen atoms in total. The van der Waals surface area contributed by atoms with Crippen molar-refractivity contribution >= 4 is 44.2 Å². The fraction of sp³-hybridized carbons (Fsp3) is 0.286. The molecule has 3 rings (SSSR count). The molecular formula is C21H25BrN4O. The Kier molecular flexibility index (Phi) is 5.87. The van der Waals surface area contributed by atoms with E-state index in [1.807, 2.05) is 43.3 Å². The Morgan fingerprint density at radius 3 is 2.44 bits per heavy atom. The van der Waals surface area contributed by atoms with Crippen molar-refractivity contribution in [2.45, 2.75) is 13.3 Å². The number of aromatic nitrogens is 1. The number of amides is 2. The zero-order chi connectivity index (χ0) is 19.6. The van der Waals surface area contributed by atoms with Gasteiger partial charge >= 0.3 is 6.03 Å². The lowest BCUT2D eigenvalue weighted by atomic mass is 10.1. The maximum atomic E-state index is 12.4. The third-order valence-electron chi connectivity index (χ3n) is 4.57. The van der Waals surface area contributed by atoms with Crippen LogP contribution >= 0.6 is 15.9 Å². The van der Waals surface area contributed by atoms with E-state index in [0.717, 1.165) is 34.4 Å². The van der Waals surface area contributed by atoms with Crippen LogP contribution in [0, 0.1) is 6.92 Å². The molecule has 0 saturated carbocycles. The minimum atomic E-state index is -0.248. The molecule has 6 heteroatoms. The molecule has 0 aliphatic rings. The number of nitrogens with zero attached hydrogens (tertiary/aromatic N) is 2. The lowest BCUT2D eigenvalue weighted by Gasteiger charge is -2.10. The van der Waals surface area contributed by atoms with E-state index < -0.39 is 0 Å². The summed E-state index contributed by atoms with van der Waals surface area (Å²) >= 11 is 3.47. The summed E-state index contributed by atoms with van der Waals surface area (Å²) in [7, 11) is 6.20. The van der Waals surface area contributed by atoms with E-state index in [2.05, 4.69) is 63.4 Å². The molecule has 0 radical (unpaired) electrons. The number of halogens is 1. The summed E-state index contributed by atoms with van der Waals surface area (Å²) in [5, 5.41) is 7.00. The molecule has 0 fully saturated rings. The molecule has 0 unspecified atom stereocenters. The molecule has 0 aliphatic carbocycles. The van der Waals surface area contributed by atoms with Gasteiger partial charge in [-0.05, 0) is 75.0 Å². The Bertz CT molecular complexity index is 978. The number of likely N-dealkylation sites (N-methyl/N-ethyl adjacent to an activating group) is 1. The Hall–Kier alpha value is -2.31. The highest BCUT2D eigenvalue weighted by Gasteiger charge is 2.10. The second-order valence-electron chi connectivity index (χ2n) is 7.09. The summed E-state index contributed by atoms with van der Waals surface area (Å²) in [6, 6.07) is 11.5. The first-order chi connectivity index (χ1) is 12.8. The van der Waals surface area contributed by atoms with Crippen molar-refractivity contribution in [3.63, 3.8) is 0 Å². The van der Waals surface area contributed by atoms with Crippen LogP contribution in [-0.2, 0) is 13.5 Å². The molecular weight excluding hydrogens is 404 g/mol. The SMILES string of the molecule is Cc1cc(NC(=O)Nc2ccc3c(c2)c(CCN(C)C)cn3C)ccc1Br. The summed E-state index contributed by atoms with van der Waals surface area (Å²) in [6.45, 7) is 2.98. The molecule has 1 heterocycles. The van der Waals surface area contributed by atoms with E-state index in [4.69, 9.17) is 0 Å². The quantitative estimate of drug-likeness (QED) is 0.600. The van der Waals surface area contributed by atoms with E-state index in [9.17, 15) is 4.79 Å². The minimum Gasteiger partial charge on any atom is -0.350 e. The van der Waals surface area contributed by atoms with Crippen LogP contribution < -0.4 is 10.6 Å². The minimum absolute atomic E-state index is 0.248. The molecule has 1 aromatic heterocycles. The number of nitrogens with one attached hydrogen (secondary N) is 2. The Morgan fingerprint density at radius 1 is 1.11 bits per heavy atom. The van der Waals surface area contributed by atoms with Gasteiger partial charge in [-0.25, -0.2) is 4.79 Å². The lowest BCUT2D eigenvalue weighted by Crippen LogP contribution is -2.19. The Labute approximate surface area is 168 Å². The summed E-state index contributed by atoms with van der Waals surface area (Å²) in [5.74, 6) is 0. The number of fused-ring (bicyclic) bond motifs is 1. The van der Waals surface area contributed by atoms with Crippen LogP contribution in [0.3, 0.4) is 0 Å². The number of anilines is 2. The van der Waals surface area contributed by atoms with Gasteiger partial charge in [0.15, 0.2) is 0 Å². The first-order valence-electron chi connectivity index (χ1n) is 8.90. The van der Waals surface area contributed by atoms with Crippen LogP contribution in [-0.4, -0.2) is 36.1 Å².